The first kappa shape index (κ1) is 79.1. The number of unbranched alkanes of at least 4 members (excludes halogenated alkanes) is 30. The predicted octanol–water partition coefficient (Wildman–Crippen LogP) is 16.9. The summed E-state index contributed by atoms with van der Waals surface area (Å²) in [5.74, 6) is -0.583. The number of phosphoric ester groups is 2. The van der Waals surface area contributed by atoms with Crippen molar-refractivity contribution >= 4 is 39.5 Å². The van der Waals surface area contributed by atoms with Crippen molar-refractivity contribution in [3.63, 3.8) is 0 Å². The zero-order valence-corrected chi connectivity index (χ0v) is 53.9. The molecule has 0 radical (unpaired) electrons. The van der Waals surface area contributed by atoms with Gasteiger partial charge in [-0.15, -0.1) is 0 Å². The monoisotopic (exact) mass is 1200 g/mol. The molecule has 0 aliphatic rings. The molecule has 0 aliphatic heterocycles. The molecule has 0 heterocycles. The van der Waals surface area contributed by atoms with Crippen LogP contribution in [0.4, 0.5) is 0 Å². The number of hydrogen-bond acceptors (Lipinski definition) is 15. The van der Waals surface area contributed by atoms with Gasteiger partial charge in [0, 0.05) is 25.7 Å². The Labute approximate surface area is 492 Å². The molecule has 0 amide bonds. The molecule has 3 unspecified atom stereocenters. The quantitative estimate of drug-likeness (QED) is 0.0222. The molecule has 0 saturated carbocycles. The van der Waals surface area contributed by atoms with E-state index in [2.05, 4.69) is 41.5 Å². The highest BCUT2D eigenvalue weighted by molar-refractivity contribution is 7.47. The molecule has 0 aliphatic carbocycles. The maximum absolute atomic E-state index is 13.0. The molecule has 19 heteroatoms. The lowest BCUT2D eigenvalue weighted by Gasteiger charge is -2.21. The summed E-state index contributed by atoms with van der Waals surface area (Å²) >= 11 is 0. The maximum atomic E-state index is 13.0. The van der Waals surface area contributed by atoms with E-state index in [1.54, 1.807) is 0 Å². The number of ether oxygens (including phenoxy) is 4. The summed E-state index contributed by atoms with van der Waals surface area (Å²) in [5.41, 5.74) is 0. The Morgan fingerprint density at radius 1 is 0.358 bits per heavy atom. The highest BCUT2D eigenvalue weighted by atomic mass is 31.2. The summed E-state index contributed by atoms with van der Waals surface area (Å²) in [4.78, 5) is 71.9. The van der Waals surface area contributed by atoms with E-state index in [0.717, 1.165) is 127 Å². The van der Waals surface area contributed by atoms with Crippen molar-refractivity contribution in [3.05, 3.63) is 0 Å². The fourth-order valence-electron chi connectivity index (χ4n) is 9.15. The number of aliphatic hydroxyl groups is 1. The van der Waals surface area contributed by atoms with E-state index in [0.29, 0.717) is 25.7 Å². The van der Waals surface area contributed by atoms with Crippen molar-refractivity contribution < 1.29 is 80.2 Å². The van der Waals surface area contributed by atoms with Gasteiger partial charge >= 0.3 is 39.5 Å². The average Bonchev–Trinajstić information content (AvgIpc) is 3.43. The first-order valence-corrected chi connectivity index (χ1v) is 35.5. The Kier molecular flexibility index (Phi) is 53.4. The maximum Gasteiger partial charge on any atom is 0.472 e. The zero-order chi connectivity index (χ0) is 60.1. The van der Waals surface area contributed by atoms with Crippen LogP contribution in [0, 0.1) is 11.8 Å². The first-order valence-electron chi connectivity index (χ1n) is 32.5. The summed E-state index contributed by atoms with van der Waals surface area (Å²) < 4.78 is 67.7. The predicted molar refractivity (Wildman–Crippen MR) is 321 cm³/mol. The number of carbonyl (C=O) groups is 4. The summed E-state index contributed by atoms with van der Waals surface area (Å²) in [6, 6.07) is 0. The van der Waals surface area contributed by atoms with Crippen LogP contribution in [0.15, 0.2) is 0 Å². The third-order valence-electron chi connectivity index (χ3n) is 14.6. The molecule has 81 heavy (non-hydrogen) atoms. The van der Waals surface area contributed by atoms with Crippen molar-refractivity contribution in [2.45, 2.75) is 323 Å². The van der Waals surface area contributed by atoms with E-state index in [9.17, 15) is 43.2 Å². The summed E-state index contributed by atoms with van der Waals surface area (Å²) in [7, 11) is -9.87. The largest absolute Gasteiger partial charge is 0.472 e. The number of aliphatic hydroxyl groups excluding tert-OH is 1. The van der Waals surface area contributed by atoms with Gasteiger partial charge < -0.3 is 33.8 Å². The van der Waals surface area contributed by atoms with Gasteiger partial charge in [0.05, 0.1) is 26.4 Å². The summed E-state index contributed by atoms with van der Waals surface area (Å²) in [5, 5.41) is 10.5. The molecule has 0 rings (SSSR count). The van der Waals surface area contributed by atoms with E-state index in [-0.39, 0.29) is 25.7 Å². The van der Waals surface area contributed by atoms with Gasteiger partial charge in [0.1, 0.15) is 19.3 Å². The number of rotatable bonds is 61. The summed E-state index contributed by atoms with van der Waals surface area (Å²) in [6.07, 6.45) is 36.3. The van der Waals surface area contributed by atoms with E-state index in [4.69, 9.17) is 37.0 Å². The Morgan fingerprint density at radius 3 is 0.938 bits per heavy atom. The van der Waals surface area contributed by atoms with Crippen molar-refractivity contribution in [1.82, 2.24) is 0 Å². The summed E-state index contributed by atoms with van der Waals surface area (Å²) in [6.45, 7) is 9.41. The van der Waals surface area contributed by atoms with Crippen molar-refractivity contribution in [2.24, 2.45) is 11.8 Å². The highest BCUT2D eigenvalue weighted by Gasteiger charge is 2.30. The molecular weight excluding hydrogens is 1080 g/mol. The van der Waals surface area contributed by atoms with Crippen molar-refractivity contribution in [3.8, 4) is 0 Å². The van der Waals surface area contributed by atoms with E-state index in [1.807, 2.05) is 0 Å². The van der Waals surface area contributed by atoms with E-state index < -0.39 is 97.5 Å². The van der Waals surface area contributed by atoms with E-state index >= 15 is 0 Å². The van der Waals surface area contributed by atoms with Gasteiger partial charge in [-0.2, -0.15) is 0 Å². The van der Waals surface area contributed by atoms with Crippen LogP contribution in [0.1, 0.15) is 305 Å². The second-order valence-corrected chi connectivity index (χ2v) is 26.1. The molecular formula is C62H120O17P2. The van der Waals surface area contributed by atoms with Crippen LogP contribution in [0.25, 0.3) is 0 Å². The molecule has 0 bridgehead atoms. The molecule has 0 spiro atoms. The van der Waals surface area contributed by atoms with E-state index in [1.165, 1.54) is 96.3 Å². The standard InChI is InChI=1S/C62H120O17P2/c1-7-10-12-14-24-32-38-44-59(64)72-50-57(78-61(66)46-40-34-25-15-13-11-8-2)52-76-80(68,69)74-48-56(63)49-75-81(70,71)77-53-58(51-73-60(65)45-39-33-28-22-18-16-20-26-30-36-42-54(4)5)79-62(67)47-41-35-29-23-19-17-21-27-31-37-43-55(6)9-3/h54-58,63H,7-53H2,1-6H3,(H,68,69)(H,70,71)/t55?,56-,57+,58+/m0/s1. The first-order chi connectivity index (χ1) is 38.9. The number of esters is 4. The average molecular weight is 1200 g/mol. The minimum atomic E-state index is -4.94. The Balaban J connectivity index is 5.20. The fraction of sp³-hybridized carbons (Fsp3) is 0.935. The second kappa shape index (κ2) is 54.7. The molecule has 3 N–H and O–H groups in total. The lowest BCUT2D eigenvalue weighted by atomic mass is 9.99. The molecule has 0 fully saturated rings. The van der Waals surface area contributed by atoms with Crippen LogP contribution >= 0.6 is 15.6 Å². The Bertz CT molecular complexity index is 1600. The lowest BCUT2D eigenvalue weighted by Crippen LogP contribution is -2.30. The normalized spacial score (nSPS) is 14.7. The highest BCUT2D eigenvalue weighted by Crippen LogP contribution is 2.45. The molecule has 0 saturated heterocycles. The number of carbonyl (C=O) groups excluding carboxylic acids is 4. The van der Waals surface area contributed by atoms with Gasteiger partial charge in [0.2, 0.25) is 0 Å². The number of hydrogen-bond donors (Lipinski definition) is 3. The van der Waals surface area contributed by atoms with Crippen LogP contribution < -0.4 is 0 Å². The van der Waals surface area contributed by atoms with Crippen LogP contribution in [0.2, 0.25) is 0 Å². The van der Waals surface area contributed by atoms with Crippen LogP contribution in [-0.4, -0.2) is 96.7 Å². The SMILES string of the molecule is CCCCCCCCCC(=O)OC[C@H](COP(=O)(O)OC[C@H](O)COP(=O)(O)OC[C@@H](COC(=O)CCCCCCCCCCCCC(C)C)OC(=O)CCCCCCCCCCCCC(C)CC)OC(=O)CCCCCCCCC. The van der Waals surface area contributed by atoms with Gasteiger partial charge in [-0.25, -0.2) is 9.13 Å². The van der Waals surface area contributed by atoms with Gasteiger partial charge in [-0.1, -0.05) is 253 Å². The molecule has 17 nitrogen and oxygen atoms in total. The lowest BCUT2D eigenvalue weighted by molar-refractivity contribution is -0.161. The van der Waals surface area contributed by atoms with Crippen molar-refractivity contribution in [2.75, 3.05) is 39.6 Å². The Morgan fingerprint density at radius 2 is 0.630 bits per heavy atom. The van der Waals surface area contributed by atoms with Crippen LogP contribution in [0.5, 0.6) is 0 Å². The van der Waals surface area contributed by atoms with Crippen LogP contribution in [0.3, 0.4) is 0 Å². The third-order valence-corrected chi connectivity index (χ3v) is 16.5. The minimum Gasteiger partial charge on any atom is -0.462 e. The minimum absolute atomic E-state index is 0.103. The van der Waals surface area contributed by atoms with Gasteiger partial charge in [-0.3, -0.25) is 37.3 Å². The third kappa shape index (κ3) is 55.7. The van der Waals surface area contributed by atoms with Crippen molar-refractivity contribution in [1.29, 1.82) is 0 Å². The Hall–Kier alpha value is -1.94. The second-order valence-electron chi connectivity index (χ2n) is 23.2. The van der Waals surface area contributed by atoms with Gasteiger partial charge in [-0.05, 0) is 37.5 Å². The molecule has 480 valence electrons. The van der Waals surface area contributed by atoms with Crippen LogP contribution in [-0.2, 0) is 65.4 Å². The molecule has 0 aromatic rings. The smallest absolute Gasteiger partial charge is 0.462 e. The van der Waals surface area contributed by atoms with Gasteiger partial charge in [0.15, 0.2) is 12.2 Å². The number of phosphoric acid groups is 2. The zero-order valence-electron chi connectivity index (χ0n) is 52.1. The fourth-order valence-corrected chi connectivity index (χ4v) is 10.7. The molecule has 6 atom stereocenters. The molecule has 0 aromatic heterocycles. The van der Waals surface area contributed by atoms with Gasteiger partial charge in [0.25, 0.3) is 0 Å². The molecule has 0 aromatic carbocycles. The topological polar surface area (TPSA) is 237 Å².